The van der Waals surface area contributed by atoms with Crippen molar-refractivity contribution in [2.75, 3.05) is 19.6 Å². The molecule has 0 N–H and O–H groups in total. The van der Waals surface area contributed by atoms with E-state index in [0.29, 0.717) is 23.0 Å². The van der Waals surface area contributed by atoms with Crippen LogP contribution in [0.25, 0.3) is 0 Å². The summed E-state index contributed by atoms with van der Waals surface area (Å²) in [6.07, 6.45) is 6.49. The first-order chi connectivity index (χ1) is 8.28. The topological polar surface area (TPSA) is 12.5 Å². The minimum absolute atomic E-state index is 0.409. The lowest BCUT2D eigenvalue weighted by Gasteiger charge is -2.37. The Morgan fingerprint density at radius 1 is 1.11 bits per heavy atom. The third-order valence-corrected chi connectivity index (χ3v) is 4.42. The lowest BCUT2D eigenvalue weighted by atomic mass is 9.85. The van der Waals surface area contributed by atoms with Crippen molar-refractivity contribution in [1.29, 1.82) is 0 Å². The Labute approximate surface area is 113 Å². The summed E-state index contributed by atoms with van der Waals surface area (Å²) in [7, 11) is 0. The molecule has 1 aliphatic carbocycles. The molecule has 1 saturated heterocycles. The second kappa shape index (κ2) is 5.13. The second-order valence-electron chi connectivity index (χ2n) is 8.01. The van der Waals surface area contributed by atoms with E-state index in [4.69, 9.17) is 4.74 Å². The van der Waals surface area contributed by atoms with Gasteiger partial charge in [0, 0.05) is 19.6 Å². The SMILES string of the molecule is C[C@@H]1CN(CC2(CCC(C)(C)C)CC2)C[C@@H](C)O1. The van der Waals surface area contributed by atoms with E-state index in [9.17, 15) is 0 Å². The average Bonchev–Trinajstić information content (AvgIpc) is 2.93. The van der Waals surface area contributed by atoms with Gasteiger partial charge in [-0.25, -0.2) is 0 Å². The van der Waals surface area contributed by atoms with Gasteiger partial charge in [-0.3, -0.25) is 4.90 Å². The third kappa shape index (κ3) is 4.24. The molecular weight excluding hydrogens is 222 g/mol. The molecule has 2 atom stereocenters. The maximum Gasteiger partial charge on any atom is 0.0678 e. The van der Waals surface area contributed by atoms with Crippen LogP contribution in [0.3, 0.4) is 0 Å². The molecule has 2 rings (SSSR count). The van der Waals surface area contributed by atoms with E-state index in [2.05, 4.69) is 39.5 Å². The Morgan fingerprint density at radius 2 is 1.67 bits per heavy atom. The summed E-state index contributed by atoms with van der Waals surface area (Å²) in [4.78, 5) is 2.65. The van der Waals surface area contributed by atoms with Crippen molar-refractivity contribution in [3.05, 3.63) is 0 Å². The first-order valence-electron chi connectivity index (χ1n) is 7.66. The van der Waals surface area contributed by atoms with Gasteiger partial charge in [0.25, 0.3) is 0 Å². The zero-order valence-electron chi connectivity index (χ0n) is 13.0. The monoisotopic (exact) mass is 253 g/mol. The van der Waals surface area contributed by atoms with E-state index < -0.39 is 0 Å². The van der Waals surface area contributed by atoms with Crippen LogP contribution >= 0.6 is 0 Å². The normalized spacial score (nSPS) is 32.5. The zero-order valence-corrected chi connectivity index (χ0v) is 13.0. The lowest BCUT2D eigenvalue weighted by Crippen LogP contribution is -2.47. The third-order valence-electron chi connectivity index (χ3n) is 4.42. The summed E-state index contributed by atoms with van der Waals surface area (Å²) < 4.78 is 5.82. The van der Waals surface area contributed by atoms with Crippen LogP contribution < -0.4 is 0 Å². The molecule has 18 heavy (non-hydrogen) atoms. The van der Waals surface area contributed by atoms with Gasteiger partial charge < -0.3 is 4.74 Å². The van der Waals surface area contributed by atoms with Gasteiger partial charge >= 0.3 is 0 Å². The first kappa shape index (κ1) is 14.3. The number of rotatable bonds is 4. The summed E-state index contributed by atoms with van der Waals surface area (Å²) in [5.41, 5.74) is 1.14. The van der Waals surface area contributed by atoms with E-state index in [0.717, 1.165) is 13.1 Å². The Bertz CT molecular complexity index is 267. The Hall–Kier alpha value is -0.0800. The van der Waals surface area contributed by atoms with Crippen molar-refractivity contribution in [3.63, 3.8) is 0 Å². The molecule has 0 amide bonds. The van der Waals surface area contributed by atoms with Crippen LogP contribution in [0.1, 0.15) is 60.3 Å². The molecule has 0 aromatic heterocycles. The number of hydrogen-bond donors (Lipinski definition) is 0. The maximum atomic E-state index is 5.82. The molecule has 1 aliphatic heterocycles. The van der Waals surface area contributed by atoms with Gasteiger partial charge in [0.1, 0.15) is 0 Å². The lowest BCUT2D eigenvalue weighted by molar-refractivity contribution is -0.0731. The van der Waals surface area contributed by atoms with Gasteiger partial charge in [0.05, 0.1) is 12.2 Å². The average molecular weight is 253 g/mol. The van der Waals surface area contributed by atoms with Gasteiger partial charge in [-0.15, -0.1) is 0 Å². The van der Waals surface area contributed by atoms with Crippen LogP contribution in [0.2, 0.25) is 0 Å². The fraction of sp³-hybridized carbons (Fsp3) is 1.00. The fourth-order valence-corrected chi connectivity index (χ4v) is 3.19. The fourth-order valence-electron chi connectivity index (χ4n) is 3.19. The standard InChI is InChI=1S/C16H31NO/c1-13-10-17(11-14(2)18-13)12-16(8-9-16)7-6-15(3,4)5/h13-14H,6-12H2,1-5H3/t13-,14-/m1/s1. The van der Waals surface area contributed by atoms with Crippen molar-refractivity contribution in [2.45, 2.75) is 72.5 Å². The first-order valence-corrected chi connectivity index (χ1v) is 7.66. The van der Waals surface area contributed by atoms with Crippen molar-refractivity contribution in [3.8, 4) is 0 Å². The van der Waals surface area contributed by atoms with Crippen LogP contribution in [-0.2, 0) is 4.74 Å². The summed E-state index contributed by atoms with van der Waals surface area (Å²) in [6, 6.07) is 0. The molecule has 1 saturated carbocycles. The van der Waals surface area contributed by atoms with Gasteiger partial charge in [-0.05, 0) is 50.4 Å². The molecule has 2 heteroatoms. The summed E-state index contributed by atoms with van der Waals surface area (Å²) in [5.74, 6) is 0. The smallest absolute Gasteiger partial charge is 0.0678 e. The van der Waals surface area contributed by atoms with Crippen molar-refractivity contribution in [2.24, 2.45) is 10.8 Å². The Kier molecular flexibility index (Phi) is 4.08. The highest BCUT2D eigenvalue weighted by Gasteiger charge is 2.44. The van der Waals surface area contributed by atoms with Crippen molar-refractivity contribution < 1.29 is 4.74 Å². The number of ether oxygens (including phenoxy) is 1. The molecular formula is C16H31NO. The van der Waals surface area contributed by atoms with Crippen LogP contribution in [0.5, 0.6) is 0 Å². The van der Waals surface area contributed by atoms with E-state index >= 15 is 0 Å². The molecule has 0 spiro atoms. The molecule has 0 bridgehead atoms. The molecule has 2 fully saturated rings. The summed E-state index contributed by atoms with van der Waals surface area (Å²) >= 11 is 0. The number of nitrogens with zero attached hydrogens (tertiary/aromatic N) is 1. The van der Waals surface area contributed by atoms with Gasteiger partial charge in [-0.1, -0.05) is 20.8 Å². The second-order valence-corrected chi connectivity index (χ2v) is 8.01. The maximum absolute atomic E-state index is 5.82. The molecule has 106 valence electrons. The molecule has 2 nitrogen and oxygen atoms in total. The summed E-state index contributed by atoms with van der Waals surface area (Å²) in [5, 5.41) is 0. The largest absolute Gasteiger partial charge is 0.373 e. The van der Waals surface area contributed by atoms with E-state index in [-0.39, 0.29) is 0 Å². The molecule has 2 aliphatic rings. The summed E-state index contributed by atoms with van der Waals surface area (Å²) in [6.45, 7) is 15.1. The predicted molar refractivity (Wildman–Crippen MR) is 76.8 cm³/mol. The predicted octanol–water partition coefficient (Wildman–Crippen LogP) is 3.70. The van der Waals surface area contributed by atoms with Gasteiger partial charge in [0.2, 0.25) is 0 Å². The Morgan fingerprint density at radius 3 is 2.11 bits per heavy atom. The van der Waals surface area contributed by atoms with E-state index in [1.807, 2.05) is 0 Å². The number of hydrogen-bond acceptors (Lipinski definition) is 2. The molecule has 0 radical (unpaired) electrons. The molecule has 1 heterocycles. The van der Waals surface area contributed by atoms with Crippen LogP contribution in [-0.4, -0.2) is 36.7 Å². The van der Waals surface area contributed by atoms with Gasteiger partial charge in [0.15, 0.2) is 0 Å². The molecule has 0 unspecified atom stereocenters. The minimum Gasteiger partial charge on any atom is -0.373 e. The zero-order chi connectivity index (χ0) is 13.4. The van der Waals surface area contributed by atoms with Crippen LogP contribution in [0.15, 0.2) is 0 Å². The van der Waals surface area contributed by atoms with E-state index in [1.165, 1.54) is 32.2 Å². The number of morpholine rings is 1. The van der Waals surface area contributed by atoms with Crippen LogP contribution in [0.4, 0.5) is 0 Å². The quantitative estimate of drug-likeness (QED) is 0.757. The van der Waals surface area contributed by atoms with E-state index in [1.54, 1.807) is 0 Å². The minimum atomic E-state index is 0.409. The highest BCUT2D eigenvalue weighted by atomic mass is 16.5. The highest BCUT2D eigenvalue weighted by molar-refractivity contribution is 4.97. The highest BCUT2D eigenvalue weighted by Crippen LogP contribution is 2.51. The Balaban J connectivity index is 1.81. The van der Waals surface area contributed by atoms with Crippen LogP contribution in [0, 0.1) is 10.8 Å². The van der Waals surface area contributed by atoms with Crippen molar-refractivity contribution in [1.82, 2.24) is 4.90 Å². The molecule has 0 aromatic rings. The van der Waals surface area contributed by atoms with Crippen molar-refractivity contribution >= 4 is 0 Å². The van der Waals surface area contributed by atoms with Gasteiger partial charge in [-0.2, -0.15) is 0 Å². The molecule has 0 aromatic carbocycles.